The first kappa shape index (κ1) is 20.4. The summed E-state index contributed by atoms with van der Waals surface area (Å²) in [6, 6.07) is 14.9. The van der Waals surface area contributed by atoms with Gasteiger partial charge in [-0.05, 0) is 60.6 Å². The lowest BCUT2D eigenvalue weighted by Crippen LogP contribution is -2.53. The first-order valence-electron chi connectivity index (χ1n) is 9.54. The van der Waals surface area contributed by atoms with Crippen LogP contribution in [0, 0.1) is 6.92 Å². The highest BCUT2D eigenvalue weighted by Gasteiger charge is 2.28. The number of carbonyl (C=O) groups excluding carboxylic acids is 2. The molecular formula is C22H27N3O2S. The molecule has 148 valence electrons. The third-order valence-corrected chi connectivity index (χ3v) is 5.57. The Labute approximate surface area is 170 Å². The van der Waals surface area contributed by atoms with Crippen molar-refractivity contribution in [2.75, 3.05) is 17.3 Å². The van der Waals surface area contributed by atoms with Crippen LogP contribution in [0.15, 0.2) is 48.5 Å². The molecule has 3 N–H and O–H groups in total. The van der Waals surface area contributed by atoms with Gasteiger partial charge < -0.3 is 16.0 Å². The van der Waals surface area contributed by atoms with Crippen LogP contribution in [-0.4, -0.2) is 35.9 Å². The van der Waals surface area contributed by atoms with Crippen LogP contribution in [0.5, 0.6) is 0 Å². The van der Waals surface area contributed by atoms with E-state index in [4.69, 9.17) is 0 Å². The van der Waals surface area contributed by atoms with Gasteiger partial charge in [-0.15, -0.1) is 0 Å². The van der Waals surface area contributed by atoms with Crippen molar-refractivity contribution in [2.24, 2.45) is 0 Å². The number of fused-ring (bicyclic) bond motifs is 1. The summed E-state index contributed by atoms with van der Waals surface area (Å²) in [5.74, 6) is 0.497. The van der Waals surface area contributed by atoms with E-state index < -0.39 is 6.04 Å². The Balaban J connectivity index is 1.64. The Hall–Kier alpha value is -2.31. The maximum Gasteiger partial charge on any atom is 0.246 e. The molecule has 0 unspecified atom stereocenters. The van der Waals surface area contributed by atoms with Crippen molar-refractivity contribution in [2.45, 2.75) is 38.4 Å². The Morgan fingerprint density at radius 3 is 2.71 bits per heavy atom. The van der Waals surface area contributed by atoms with Gasteiger partial charge in [0.05, 0.1) is 6.04 Å². The summed E-state index contributed by atoms with van der Waals surface area (Å²) in [6.07, 6.45) is 3.22. The summed E-state index contributed by atoms with van der Waals surface area (Å²) in [6.45, 7) is 2.65. The summed E-state index contributed by atoms with van der Waals surface area (Å²) in [7, 11) is 0. The lowest BCUT2D eigenvalue weighted by atomic mass is 9.95. The highest BCUT2D eigenvalue weighted by Crippen LogP contribution is 2.17. The van der Waals surface area contributed by atoms with Gasteiger partial charge in [-0.1, -0.05) is 36.4 Å². The van der Waals surface area contributed by atoms with E-state index in [-0.39, 0.29) is 17.9 Å². The van der Waals surface area contributed by atoms with Gasteiger partial charge >= 0.3 is 0 Å². The SMILES string of the molecule is CSCC[C@H](NC(=O)[C@H]1Cc2ccccc2CN1)C(=O)Nc1cccc(C)c1. The molecule has 6 heteroatoms. The van der Waals surface area contributed by atoms with E-state index in [9.17, 15) is 9.59 Å². The van der Waals surface area contributed by atoms with Crippen LogP contribution in [0.25, 0.3) is 0 Å². The topological polar surface area (TPSA) is 70.2 Å². The number of anilines is 1. The second kappa shape index (κ2) is 9.75. The molecule has 2 aromatic carbocycles. The van der Waals surface area contributed by atoms with Crippen LogP contribution < -0.4 is 16.0 Å². The quantitative estimate of drug-likeness (QED) is 0.672. The zero-order chi connectivity index (χ0) is 19.9. The molecule has 2 amide bonds. The van der Waals surface area contributed by atoms with Gasteiger partial charge in [0, 0.05) is 12.2 Å². The number of amides is 2. The fourth-order valence-corrected chi connectivity index (χ4v) is 3.84. The molecule has 0 saturated carbocycles. The molecule has 2 atom stereocenters. The van der Waals surface area contributed by atoms with E-state index in [2.05, 4.69) is 28.1 Å². The average molecular weight is 398 g/mol. The first-order valence-corrected chi connectivity index (χ1v) is 10.9. The monoisotopic (exact) mass is 397 g/mol. The molecule has 0 fully saturated rings. The molecule has 1 aliphatic heterocycles. The van der Waals surface area contributed by atoms with Crippen molar-refractivity contribution >= 4 is 29.3 Å². The van der Waals surface area contributed by atoms with E-state index in [1.807, 2.05) is 49.6 Å². The smallest absolute Gasteiger partial charge is 0.246 e. The number of nitrogens with one attached hydrogen (secondary N) is 3. The predicted octanol–water partition coefficient (Wildman–Crippen LogP) is 2.89. The van der Waals surface area contributed by atoms with Crippen LogP contribution in [0.2, 0.25) is 0 Å². The largest absolute Gasteiger partial charge is 0.343 e. The first-order chi connectivity index (χ1) is 13.6. The number of hydrogen-bond donors (Lipinski definition) is 3. The zero-order valence-corrected chi connectivity index (χ0v) is 17.1. The van der Waals surface area contributed by atoms with Gasteiger partial charge in [-0.2, -0.15) is 11.8 Å². The van der Waals surface area contributed by atoms with Crippen molar-refractivity contribution < 1.29 is 9.59 Å². The summed E-state index contributed by atoms with van der Waals surface area (Å²) >= 11 is 1.66. The minimum absolute atomic E-state index is 0.125. The van der Waals surface area contributed by atoms with Gasteiger partial charge in [-0.25, -0.2) is 0 Å². The molecule has 0 radical (unpaired) electrons. The van der Waals surface area contributed by atoms with Gasteiger partial charge in [0.2, 0.25) is 11.8 Å². The van der Waals surface area contributed by atoms with Crippen LogP contribution in [0.3, 0.4) is 0 Å². The van der Waals surface area contributed by atoms with Crippen molar-refractivity contribution in [1.29, 1.82) is 0 Å². The summed E-state index contributed by atoms with van der Waals surface area (Å²) < 4.78 is 0. The molecule has 2 aromatic rings. The number of thioether (sulfide) groups is 1. The van der Waals surface area contributed by atoms with Crippen molar-refractivity contribution in [3.8, 4) is 0 Å². The Morgan fingerprint density at radius 1 is 1.18 bits per heavy atom. The van der Waals surface area contributed by atoms with Gasteiger partial charge in [-0.3, -0.25) is 9.59 Å². The van der Waals surface area contributed by atoms with Crippen molar-refractivity contribution in [3.63, 3.8) is 0 Å². The minimum atomic E-state index is -0.556. The van der Waals surface area contributed by atoms with Gasteiger partial charge in [0.1, 0.15) is 6.04 Å². The van der Waals surface area contributed by atoms with Crippen LogP contribution >= 0.6 is 11.8 Å². The number of benzene rings is 2. The van der Waals surface area contributed by atoms with E-state index in [1.165, 1.54) is 11.1 Å². The number of hydrogen-bond acceptors (Lipinski definition) is 4. The second-order valence-corrected chi connectivity index (χ2v) is 8.09. The van der Waals surface area contributed by atoms with Crippen molar-refractivity contribution in [1.82, 2.24) is 10.6 Å². The molecule has 1 heterocycles. The van der Waals surface area contributed by atoms with E-state index in [1.54, 1.807) is 11.8 Å². The molecule has 0 aliphatic carbocycles. The third-order valence-electron chi connectivity index (χ3n) is 4.93. The number of rotatable bonds is 7. The Kier molecular flexibility index (Phi) is 7.12. The van der Waals surface area contributed by atoms with E-state index in [0.29, 0.717) is 19.4 Å². The standard InChI is InChI=1S/C22H27N3O2S/c1-15-6-5-9-18(12-15)24-21(26)19(10-11-28-2)25-22(27)20-13-16-7-3-4-8-17(16)14-23-20/h3-9,12,19-20,23H,10-11,13-14H2,1-2H3,(H,24,26)(H,25,27)/t19-,20+/m0/s1. The molecular weight excluding hydrogens is 370 g/mol. The summed E-state index contributed by atoms with van der Waals surface area (Å²) in [4.78, 5) is 25.6. The lowest BCUT2D eigenvalue weighted by molar-refractivity contribution is -0.128. The normalized spacial score (nSPS) is 16.7. The Bertz CT molecular complexity index is 840. The number of aryl methyl sites for hydroxylation is 1. The minimum Gasteiger partial charge on any atom is -0.343 e. The second-order valence-electron chi connectivity index (χ2n) is 7.11. The van der Waals surface area contributed by atoms with E-state index in [0.717, 1.165) is 17.0 Å². The fourth-order valence-electron chi connectivity index (χ4n) is 3.37. The highest BCUT2D eigenvalue weighted by atomic mass is 32.2. The van der Waals surface area contributed by atoms with Crippen LogP contribution in [0.4, 0.5) is 5.69 Å². The Morgan fingerprint density at radius 2 is 1.96 bits per heavy atom. The van der Waals surface area contributed by atoms with Crippen molar-refractivity contribution in [3.05, 3.63) is 65.2 Å². The highest BCUT2D eigenvalue weighted by molar-refractivity contribution is 7.98. The molecule has 28 heavy (non-hydrogen) atoms. The summed E-state index contributed by atoms with van der Waals surface area (Å²) in [5, 5.41) is 9.18. The van der Waals surface area contributed by atoms with Gasteiger partial charge in [0.15, 0.2) is 0 Å². The molecule has 0 aromatic heterocycles. The maximum atomic E-state index is 12.8. The molecule has 1 aliphatic rings. The predicted molar refractivity (Wildman–Crippen MR) is 116 cm³/mol. The average Bonchev–Trinajstić information content (AvgIpc) is 2.70. The molecule has 5 nitrogen and oxygen atoms in total. The third kappa shape index (κ3) is 5.36. The molecule has 0 bridgehead atoms. The zero-order valence-electron chi connectivity index (χ0n) is 16.3. The number of carbonyl (C=O) groups is 2. The lowest BCUT2D eigenvalue weighted by Gasteiger charge is -2.27. The molecule has 0 spiro atoms. The summed E-state index contributed by atoms with van der Waals surface area (Å²) in [5.41, 5.74) is 4.24. The van der Waals surface area contributed by atoms with Crippen LogP contribution in [-0.2, 0) is 22.6 Å². The van der Waals surface area contributed by atoms with Gasteiger partial charge in [0.25, 0.3) is 0 Å². The molecule has 0 saturated heterocycles. The maximum absolute atomic E-state index is 12.8. The van der Waals surface area contributed by atoms with Crippen LogP contribution in [0.1, 0.15) is 23.1 Å². The van der Waals surface area contributed by atoms with E-state index >= 15 is 0 Å². The molecule has 3 rings (SSSR count). The fraction of sp³-hybridized carbons (Fsp3) is 0.364.